The normalized spacial score (nSPS) is 14.2. The summed E-state index contributed by atoms with van der Waals surface area (Å²) in [6.45, 7) is 4.22. The lowest BCUT2D eigenvalue weighted by atomic mass is 10.0. The summed E-state index contributed by atoms with van der Waals surface area (Å²) >= 11 is 0. The fourth-order valence-corrected chi connectivity index (χ4v) is 6.10. The van der Waals surface area contributed by atoms with Gasteiger partial charge in [0.05, 0.1) is 27.7 Å². The van der Waals surface area contributed by atoms with E-state index in [0.29, 0.717) is 17.4 Å². The van der Waals surface area contributed by atoms with Gasteiger partial charge in [0, 0.05) is 12.8 Å². The number of carbonyl (C=O) groups excluding carboxylic acids is 2. The second-order valence-electron chi connectivity index (χ2n) is 15.0. The summed E-state index contributed by atoms with van der Waals surface area (Å²) in [4.78, 5) is 35.1. The molecule has 0 radical (unpaired) electrons. The van der Waals surface area contributed by atoms with Crippen LogP contribution in [-0.4, -0.2) is 74.9 Å². The third-order valence-electron chi connectivity index (χ3n) is 8.62. The summed E-state index contributed by atoms with van der Waals surface area (Å²) in [6, 6.07) is 0. The van der Waals surface area contributed by atoms with Crippen molar-refractivity contribution in [2.75, 3.05) is 47.5 Å². The minimum atomic E-state index is -4.36. The molecule has 0 heterocycles. The monoisotopic (exact) mass is 769 g/mol. The van der Waals surface area contributed by atoms with E-state index in [0.717, 1.165) is 77.0 Å². The highest BCUT2D eigenvalue weighted by molar-refractivity contribution is 7.47. The number of esters is 2. The van der Waals surface area contributed by atoms with Crippen LogP contribution in [0.15, 0.2) is 48.6 Å². The second kappa shape index (κ2) is 35.7. The van der Waals surface area contributed by atoms with Gasteiger partial charge in [0.15, 0.2) is 6.10 Å². The number of phosphoric acid groups is 1. The lowest BCUT2D eigenvalue weighted by molar-refractivity contribution is -0.870. The quantitative estimate of drug-likeness (QED) is 0.0219. The zero-order chi connectivity index (χ0) is 39.3. The molecule has 0 aromatic rings. The Morgan fingerprint density at radius 3 is 1.60 bits per heavy atom. The van der Waals surface area contributed by atoms with Gasteiger partial charge < -0.3 is 18.9 Å². The zero-order valence-electron chi connectivity index (χ0n) is 34.5. The van der Waals surface area contributed by atoms with Gasteiger partial charge in [0.1, 0.15) is 19.8 Å². The van der Waals surface area contributed by atoms with Crippen molar-refractivity contribution < 1.29 is 42.1 Å². The predicted octanol–water partition coefficient (Wildman–Crippen LogP) is 11.5. The minimum absolute atomic E-state index is 0.0300. The number of quaternary nitrogens is 1. The van der Waals surface area contributed by atoms with Crippen LogP contribution in [0.4, 0.5) is 0 Å². The van der Waals surface area contributed by atoms with Crippen molar-refractivity contribution >= 4 is 19.8 Å². The van der Waals surface area contributed by atoms with Gasteiger partial charge in [-0.2, -0.15) is 0 Å². The SMILES string of the molecule is CC/C=C\C/C=C\C/C=C\C/C=C\CCCCCCCCCCCCC(=O)OC(COC(=O)CCCCCCCC)COP(=O)(O)OCC[N+](C)(C)C. The molecule has 0 aliphatic heterocycles. The lowest BCUT2D eigenvalue weighted by Gasteiger charge is -2.24. The Morgan fingerprint density at radius 2 is 1.08 bits per heavy atom. The summed E-state index contributed by atoms with van der Waals surface area (Å²) in [6.07, 6.45) is 40.5. The number of rotatable bonds is 37. The van der Waals surface area contributed by atoms with Crippen LogP contribution < -0.4 is 0 Å². The maximum absolute atomic E-state index is 12.6. The van der Waals surface area contributed by atoms with Crippen LogP contribution in [0.5, 0.6) is 0 Å². The molecular formula is C43H79NO8P+. The van der Waals surface area contributed by atoms with Crippen LogP contribution in [0, 0.1) is 0 Å². The second-order valence-corrected chi connectivity index (χ2v) is 16.5. The van der Waals surface area contributed by atoms with E-state index in [4.69, 9.17) is 18.5 Å². The number of nitrogens with zero attached hydrogens (tertiary/aromatic N) is 1. The molecule has 10 heteroatoms. The van der Waals surface area contributed by atoms with Crippen molar-refractivity contribution in [3.8, 4) is 0 Å². The predicted molar refractivity (Wildman–Crippen MR) is 220 cm³/mol. The summed E-state index contributed by atoms with van der Waals surface area (Å²) in [5, 5.41) is 0. The Kier molecular flexibility index (Phi) is 34.3. The van der Waals surface area contributed by atoms with E-state index >= 15 is 0 Å². The first kappa shape index (κ1) is 51.0. The van der Waals surface area contributed by atoms with Gasteiger partial charge in [-0.05, 0) is 51.4 Å². The van der Waals surface area contributed by atoms with E-state index < -0.39 is 26.5 Å². The number of hydrogen-bond acceptors (Lipinski definition) is 7. The number of unbranched alkanes of at least 4 members (excludes halogenated alkanes) is 15. The van der Waals surface area contributed by atoms with Crippen LogP contribution >= 0.6 is 7.82 Å². The van der Waals surface area contributed by atoms with Gasteiger partial charge >= 0.3 is 19.8 Å². The minimum Gasteiger partial charge on any atom is -0.462 e. The van der Waals surface area contributed by atoms with E-state index in [1.54, 1.807) is 0 Å². The molecule has 0 saturated heterocycles. The van der Waals surface area contributed by atoms with Gasteiger partial charge in [-0.1, -0.05) is 146 Å². The summed E-state index contributed by atoms with van der Waals surface area (Å²) in [5.74, 6) is -0.815. The molecule has 0 spiro atoms. The van der Waals surface area contributed by atoms with Crippen LogP contribution in [0.25, 0.3) is 0 Å². The van der Waals surface area contributed by atoms with Crippen molar-refractivity contribution in [1.82, 2.24) is 0 Å². The fraction of sp³-hybridized carbons (Fsp3) is 0.767. The fourth-order valence-electron chi connectivity index (χ4n) is 5.36. The van der Waals surface area contributed by atoms with Gasteiger partial charge in [0.25, 0.3) is 0 Å². The number of likely N-dealkylation sites (N-methyl/N-ethyl adjacent to an activating group) is 1. The molecule has 0 amide bonds. The lowest BCUT2D eigenvalue weighted by Crippen LogP contribution is -2.37. The van der Waals surface area contributed by atoms with Gasteiger partial charge in [-0.3, -0.25) is 18.6 Å². The smallest absolute Gasteiger partial charge is 0.462 e. The van der Waals surface area contributed by atoms with Crippen molar-refractivity contribution in [3.63, 3.8) is 0 Å². The van der Waals surface area contributed by atoms with Crippen LogP contribution in [0.1, 0.15) is 162 Å². The van der Waals surface area contributed by atoms with E-state index in [2.05, 4.69) is 62.5 Å². The first-order chi connectivity index (χ1) is 25.5. The van der Waals surface area contributed by atoms with E-state index in [-0.39, 0.29) is 32.0 Å². The number of allylic oxidation sites excluding steroid dienone is 8. The zero-order valence-corrected chi connectivity index (χ0v) is 35.4. The highest BCUT2D eigenvalue weighted by Crippen LogP contribution is 2.43. The molecule has 308 valence electrons. The largest absolute Gasteiger partial charge is 0.472 e. The van der Waals surface area contributed by atoms with Gasteiger partial charge in [-0.25, -0.2) is 4.57 Å². The number of hydrogen-bond donors (Lipinski definition) is 1. The van der Waals surface area contributed by atoms with Crippen LogP contribution in [0.2, 0.25) is 0 Å². The number of phosphoric ester groups is 1. The average molecular weight is 769 g/mol. The van der Waals surface area contributed by atoms with E-state index in [9.17, 15) is 19.0 Å². The van der Waals surface area contributed by atoms with Crippen LogP contribution in [0.3, 0.4) is 0 Å². The average Bonchev–Trinajstić information content (AvgIpc) is 3.10. The molecule has 0 fully saturated rings. The van der Waals surface area contributed by atoms with Crippen molar-refractivity contribution in [1.29, 1.82) is 0 Å². The molecule has 2 unspecified atom stereocenters. The Labute approximate surface area is 324 Å². The summed E-state index contributed by atoms with van der Waals surface area (Å²) < 4.78 is 34.1. The summed E-state index contributed by atoms with van der Waals surface area (Å²) in [7, 11) is 1.47. The third-order valence-corrected chi connectivity index (χ3v) is 9.61. The first-order valence-corrected chi connectivity index (χ1v) is 22.4. The van der Waals surface area contributed by atoms with E-state index in [1.165, 1.54) is 51.4 Å². The summed E-state index contributed by atoms with van der Waals surface area (Å²) in [5.41, 5.74) is 0. The Morgan fingerprint density at radius 1 is 0.604 bits per heavy atom. The molecule has 0 aromatic heterocycles. The molecule has 0 aromatic carbocycles. The van der Waals surface area contributed by atoms with Crippen LogP contribution in [-0.2, 0) is 32.7 Å². The maximum Gasteiger partial charge on any atom is 0.472 e. The van der Waals surface area contributed by atoms with Crippen molar-refractivity contribution in [3.05, 3.63) is 48.6 Å². The molecule has 0 aliphatic carbocycles. The Bertz CT molecular complexity index is 1050. The Hall–Kier alpha value is -2.03. The first-order valence-electron chi connectivity index (χ1n) is 20.9. The van der Waals surface area contributed by atoms with Gasteiger partial charge in [0.2, 0.25) is 0 Å². The molecule has 0 bridgehead atoms. The highest BCUT2D eigenvalue weighted by atomic mass is 31.2. The molecule has 0 rings (SSSR count). The number of carbonyl (C=O) groups is 2. The topological polar surface area (TPSA) is 108 Å². The van der Waals surface area contributed by atoms with Gasteiger partial charge in [-0.15, -0.1) is 0 Å². The molecule has 0 saturated carbocycles. The molecule has 53 heavy (non-hydrogen) atoms. The maximum atomic E-state index is 12.6. The standard InChI is InChI=1S/C43H78NO8P/c1-6-8-10-12-14-15-16-17-18-19-20-21-22-23-24-25-26-27-28-29-30-32-34-36-43(46)52-41(39-49-42(45)35-33-31-13-11-9-7-2)40-51-53(47,48)50-38-37-44(3,4)5/h8,10,14-15,17-18,20-21,41H,6-7,9,11-13,16,19,22-40H2,1-5H3/p+1/b10-8-,15-14-,18-17-,21-20-. The molecule has 0 aliphatic rings. The van der Waals surface area contributed by atoms with Crippen molar-refractivity contribution in [2.45, 2.75) is 168 Å². The Balaban J connectivity index is 4.19. The number of ether oxygens (including phenoxy) is 2. The molecular weight excluding hydrogens is 689 g/mol. The third kappa shape index (κ3) is 39.5. The highest BCUT2D eigenvalue weighted by Gasteiger charge is 2.27. The molecule has 2 atom stereocenters. The molecule has 1 N–H and O–H groups in total. The van der Waals surface area contributed by atoms with E-state index in [1.807, 2.05) is 21.1 Å². The molecule has 9 nitrogen and oxygen atoms in total. The van der Waals surface area contributed by atoms with Crippen molar-refractivity contribution in [2.24, 2.45) is 0 Å².